The van der Waals surface area contributed by atoms with Crippen LogP contribution in [-0.4, -0.2) is 76.9 Å². The second kappa shape index (κ2) is 18.1. The average Bonchev–Trinajstić information content (AvgIpc) is 3.60. The Morgan fingerprint density at radius 1 is 0.473 bits per heavy atom. The lowest BCUT2D eigenvalue weighted by molar-refractivity contribution is -0.143. The number of benzene rings is 6. The number of phenolic OH excluding ortho intramolecular Hbond substituents is 1. The van der Waals surface area contributed by atoms with Crippen LogP contribution in [0.15, 0.2) is 128 Å². The summed E-state index contributed by atoms with van der Waals surface area (Å²) in [5, 5.41) is 20.1. The summed E-state index contributed by atoms with van der Waals surface area (Å²) in [7, 11) is -12.2. The van der Waals surface area contributed by atoms with E-state index in [1.165, 1.54) is 91.0 Å². The second-order valence-electron chi connectivity index (χ2n) is 19.0. The lowest BCUT2D eigenvalue weighted by Gasteiger charge is -2.23. The van der Waals surface area contributed by atoms with Crippen LogP contribution in [0.3, 0.4) is 0 Å². The van der Waals surface area contributed by atoms with Crippen molar-refractivity contribution in [2.45, 2.75) is 56.2 Å². The normalized spacial score (nSPS) is 14.8. The zero-order valence-corrected chi connectivity index (χ0v) is 42.2. The molecule has 6 aromatic carbocycles. The highest BCUT2D eigenvalue weighted by molar-refractivity contribution is 7.91. The van der Waals surface area contributed by atoms with Crippen molar-refractivity contribution in [2.75, 3.05) is 0 Å². The molecule has 378 valence electrons. The van der Waals surface area contributed by atoms with Gasteiger partial charge in [-0.3, -0.25) is 33.6 Å². The molecule has 0 aromatic heterocycles. The molecule has 22 heteroatoms. The summed E-state index contributed by atoms with van der Waals surface area (Å²) < 4.78 is 86.2. The van der Waals surface area contributed by atoms with Crippen LogP contribution >= 0.6 is 0 Å². The summed E-state index contributed by atoms with van der Waals surface area (Å²) in [6, 6.07) is 25.3. The van der Waals surface area contributed by atoms with Crippen molar-refractivity contribution in [3.05, 3.63) is 176 Å². The van der Waals surface area contributed by atoms with E-state index in [1.807, 2.05) is 0 Å². The molecule has 0 unspecified atom stereocenters. The molecular formula is C52H41N3O16S3. The third-order valence-electron chi connectivity index (χ3n) is 11.8. The van der Waals surface area contributed by atoms with E-state index in [9.17, 15) is 63.9 Å². The smallest absolute Gasteiger partial charge is 0.316 e. The first-order valence-electron chi connectivity index (χ1n) is 21.9. The maximum Gasteiger partial charge on any atom is 0.316 e. The largest absolute Gasteiger partial charge is 0.507 e. The molecular weight excluding hydrogens is 1020 g/mol. The van der Waals surface area contributed by atoms with Crippen LogP contribution in [0.5, 0.6) is 17.2 Å². The number of rotatable bonds is 4. The van der Waals surface area contributed by atoms with Crippen molar-refractivity contribution in [3.63, 3.8) is 0 Å². The number of esters is 2. The molecule has 19 nitrogen and oxygen atoms in total. The van der Waals surface area contributed by atoms with Crippen molar-refractivity contribution in [1.29, 1.82) is 0 Å². The molecule has 0 atom stereocenters. The Labute approximate surface area is 423 Å². The quantitative estimate of drug-likeness (QED) is 0.143. The fourth-order valence-electron chi connectivity index (χ4n) is 8.20. The molecule has 1 aliphatic heterocycles. The number of primary sulfonamides is 2. The van der Waals surface area contributed by atoms with Gasteiger partial charge in [-0.1, -0.05) is 72.8 Å². The van der Waals surface area contributed by atoms with Crippen LogP contribution in [-0.2, 0) is 39.7 Å². The van der Waals surface area contributed by atoms with E-state index < -0.39 is 85.8 Å². The molecule has 0 bridgehead atoms. The van der Waals surface area contributed by atoms with Crippen LogP contribution in [0.4, 0.5) is 0 Å². The fraction of sp³-hybridized carbons (Fsp3) is 0.154. The number of phenols is 1. The van der Waals surface area contributed by atoms with Crippen LogP contribution in [0.2, 0.25) is 0 Å². The van der Waals surface area contributed by atoms with Gasteiger partial charge >= 0.3 is 11.9 Å². The van der Waals surface area contributed by atoms with Crippen LogP contribution in [0, 0.1) is 10.8 Å². The summed E-state index contributed by atoms with van der Waals surface area (Å²) in [6.45, 7) is 10.1. The first-order valence-corrected chi connectivity index (χ1v) is 26.5. The number of carbonyl (C=O) groups is 7. The fourth-order valence-corrected chi connectivity index (χ4v) is 11.0. The van der Waals surface area contributed by atoms with Crippen molar-refractivity contribution in [2.24, 2.45) is 25.5 Å². The Balaban J connectivity index is 0.000000149. The lowest BCUT2D eigenvalue weighted by atomic mass is 9.83. The van der Waals surface area contributed by atoms with Gasteiger partial charge in [-0.05, 0) is 77.9 Å². The molecule has 0 fully saturated rings. The zero-order valence-electron chi connectivity index (χ0n) is 39.8. The van der Waals surface area contributed by atoms with E-state index in [-0.39, 0.29) is 89.3 Å². The molecule has 74 heavy (non-hydrogen) atoms. The van der Waals surface area contributed by atoms with Gasteiger partial charge in [0.1, 0.15) is 17.2 Å². The van der Waals surface area contributed by atoms with Crippen molar-refractivity contribution < 1.29 is 73.4 Å². The van der Waals surface area contributed by atoms with Crippen LogP contribution < -0.4 is 19.8 Å². The van der Waals surface area contributed by atoms with Crippen molar-refractivity contribution in [3.8, 4) is 17.2 Å². The number of ketones is 5. The highest BCUT2D eigenvalue weighted by atomic mass is 32.2. The number of hydrogen-bond donors (Lipinski definition) is 3. The summed E-state index contributed by atoms with van der Waals surface area (Å²) in [4.78, 5) is 87.6. The zero-order chi connectivity index (χ0) is 54.4. The Hall–Kier alpha value is -8.15. The van der Waals surface area contributed by atoms with E-state index in [0.717, 1.165) is 0 Å². The minimum Gasteiger partial charge on any atom is -0.507 e. The molecule has 4 aliphatic rings. The molecule has 0 amide bonds. The summed E-state index contributed by atoms with van der Waals surface area (Å²) in [5.74, 6) is -4.24. The molecule has 10 rings (SSSR count). The Morgan fingerprint density at radius 2 is 0.797 bits per heavy atom. The third-order valence-corrected chi connectivity index (χ3v) is 15.0. The topological polar surface area (TPSA) is 325 Å². The molecule has 0 saturated carbocycles. The lowest BCUT2D eigenvalue weighted by Crippen LogP contribution is -2.29. The van der Waals surface area contributed by atoms with Gasteiger partial charge in [-0.2, -0.15) is 12.8 Å². The third kappa shape index (κ3) is 9.06. The molecule has 0 spiro atoms. The summed E-state index contributed by atoms with van der Waals surface area (Å²) in [5.41, 5.74) is -1.23. The van der Waals surface area contributed by atoms with Gasteiger partial charge in [-0.25, -0.2) is 27.1 Å². The maximum absolute atomic E-state index is 13.1. The number of ether oxygens (including phenoxy) is 2. The molecule has 0 radical (unpaired) electrons. The average molecular weight is 1060 g/mol. The molecule has 1 heterocycles. The maximum atomic E-state index is 13.1. The number of carbonyl (C=O) groups excluding carboxylic acids is 7. The minimum atomic E-state index is -4.21. The van der Waals surface area contributed by atoms with Gasteiger partial charge in [0.25, 0.3) is 10.0 Å². The van der Waals surface area contributed by atoms with Gasteiger partial charge < -0.3 is 14.6 Å². The summed E-state index contributed by atoms with van der Waals surface area (Å²) in [6.07, 6.45) is 0. The van der Waals surface area contributed by atoms with Gasteiger partial charge in [0.05, 0.1) is 59.0 Å². The predicted molar refractivity (Wildman–Crippen MR) is 263 cm³/mol. The van der Waals surface area contributed by atoms with E-state index in [4.69, 9.17) is 19.8 Å². The highest BCUT2D eigenvalue weighted by Gasteiger charge is 2.42. The number of aromatic hydroxyl groups is 1. The number of fused-ring (bicyclic) bond motifs is 6. The second-order valence-corrected chi connectivity index (χ2v) is 23.7. The SMILES string of the molecule is CC(C)(C)C(=O)Oc1cccc2c1C(=O)c1cccc(S(N)(=O)=O)c1C2=O.CC(C)(C)C(=O)Oc1cccc2c1C(=O)c1cccc3c1C2=NS3(=O)=O.NS(=O)(=O)c1cccc2c1C(=O)c1cccc(O)c1C2=O. The van der Waals surface area contributed by atoms with Gasteiger partial charge in [0.2, 0.25) is 20.0 Å². The number of sulfonamides is 3. The molecule has 6 aromatic rings. The van der Waals surface area contributed by atoms with E-state index in [0.29, 0.717) is 11.1 Å². The van der Waals surface area contributed by atoms with E-state index in [1.54, 1.807) is 59.7 Å². The highest BCUT2D eigenvalue weighted by Crippen LogP contribution is 2.42. The standard InChI is InChI=1S/C19H17NO6S.C19H15NO5S.C14H9NO5S/c1-19(2,3)18(23)26-12-8-4-6-10-14(12)16(21)11-7-5-9-13(27(20,24)25)15(11)17(10)22;1-19(2,3)18(22)25-12-8-4-6-10-14(12)17(21)11-7-5-9-13-15(11)16(10)20-26(13,23)24;15-21(19,20)10-6-2-4-8-12(10)14(18)7-3-1-5-9(16)11(7)13(8)17/h4-9H,1-3H3,(H2,20,24,25);4-9H,1-3H3;1-6,16H,(H2,15,19,20). The van der Waals surface area contributed by atoms with Gasteiger partial charge in [0, 0.05) is 38.9 Å². The van der Waals surface area contributed by atoms with Crippen molar-refractivity contribution >= 4 is 76.6 Å². The number of nitrogens with two attached hydrogens (primary N) is 2. The molecule has 3 aliphatic carbocycles. The van der Waals surface area contributed by atoms with E-state index >= 15 is 0 Å². The van der Waals surface area contributed by atoms with Crippen molar-refractivity contribution in [1.82, 2.24) is 0 Å². The van der Waals surface area contributed by atoms with Gasteiger partial charge in [0.15, 0.2) is 28.9 Å². The minimum absolute atomic E-state index is 0.0288. The Morgan fingerprint density at radius 3 is 1.23 bits per heavy atom. The number of hydrogen-bond acceptors (Lipinski definition) is 16. The number of nitrogens with zero attached hydrogens (tertiary/aromatic N) is 1. The van der Waals surface area contributed by atoms with Crippen LogP contribution in [0.25, 0.3) is 0 Å². The monoisotopic (exact) mass is 1060 g/mol. The van der Waals surface area contributed by atoms with Crippen LogP contribution in [0.1, 0.15) is 132 Å². The first-order chi connectivity index (χ1) is 34.4. The molecule has 5 N–H and O–H groups in total. The Kier molecular flexibility index (Phi) is 12.8. The predicted octanol–water partition coefficient (Wildman–Crippen LogP) is 5.60. The van der Waals surface area contributed by atoms with Gasteiger partial charge in [-0.15, -0.1) is 0 Å². The molecule has 0 saturated heterocycles. The van der Waals surface area contributed by atoms with E-state index in [2.05, 4.69) is 4.40 Å². The first kappa shape index (κ1) is 52.2. The Bertz CT molecular complexity index is 3980. The summed E-state index contributed by atoms with van der Waals surface area (Å²) >= 11 is 0.